The van der Waals surface area contributed by atoms with Gasteiger partial charge in [0, 0.05) is 56.6 Å². The van der Waals surface area contributed by atoms with Gasteiger partial charge in [-0.05, 0) is 50.3 Å². The molecule has 2 aliphatic carbocycles. The lowest BCUT2D eigenvalue weighted by atomic mass is 9.97. The maximum atomic E-state index is 12.0. The average molecular weight is 422 g/mol. The van der Waals surface area contributed by atoms with Gasteiger partial charge in [-0.1, -0.05) is 18.2 Å². The van der Waals surface area contributed by atoms with Crippen LogP contribution in [0.15, 0.2) is 60.2 Å². The van der Waals surface area contributed by atoms with Gasteiger partial charge in [0.25, 0.3) is 0 Å². The first-order chi connectivity index (χ1) is 15.3. The Bertz CT molecular complexity index is 945. The summed E-state index contributed by atoms with van der Waals surface area (Å²) in [7, 11) is 0. The summed E-state index contributed by atoms with van der Waals surface area (Å²) in [4.78, 5) is 16.8. The fourth-order valence-electron chi connectivity index (χ4n) is 4.86. The van der Waals surface area contributed by atoms with Gasteiger partial charge >= 0.3 is 0 Å². The van der Waals surface area contributed by atoms with Gasteiger partial charge < -0.3 is 18.9 Å². The van der Waals surface area contributed by atoms with Crippen LogP contribution in [0.3, 0.4) is 0 Å². The number of aryl methyl sites for hydroxylation is 1. The van der Waals surface area contributed by atoms with Crippen LogP contribution in [0.4, 0.5) is 0 Å². The van der Waals surface area contributed by atoms with E-state index in [0.29, 0.717) is 12.2 Å². The second kappa shape index (κ2) is 9.18. The van der Waals surface area contributed by atoms with Crippen LogP contribution in [0.1, 0.15) is 48.2 Å². The maximum absolute atomic E-state index is 12.0. The van der Waals surface area contributed by atoms with Crippen LogP contribution in [0.25, 0.3) is 0 Å². The summed E-state index contributed by atoms with van der Waals surface area (Å²) in [6.45, 7) is 5.99. The smallest absolute Gasteiger partial charge is 0.231 e. The number of Topliss-reactive ketones (excluding diaryl/α,β-unsaturated/α-hetero) is 1. The minimum absolute atomic E-state index is 0.314. The first-order valence-corrected chi connectivity index (χ1v) is 11.6. The van der Waals surface area contributed by atoms with Gasteiger partial charge in [0.2, 0.25) is 5.88 Å². The average Bonchev–Trinajstić information content (AvgIpc) is 3.25. The van der Waals surface area contributed by atoms with Crippen LogP contribution in [-0.2, 0) is 22.4 Å². The number of ether oxygens (including phenoxy) is 2. The normalized spacial score (nSPS) is 21.6. The van der Waals surface area contributed by atoms with Crippen LogP contribution in [0, 0.1) is 0 Å². The number of aromatic nitrogens is 1. The minimum atomic E-state index is 0.314. The lowest BCUT2D eigenvalue weighted by Gasteiger charge is -2.37. The molecule has 1 fully saturated rings. The number of carbonyl (C=O) groups is 1. The lowest BCUT2D eigenvalue weighted by molar-refractivity contribution is 0.0783. The van der Waals surface area contributed by atoms with Gasteiger partial charge in [-0.25, -0.2) is 0 Å². The quantitative estimate of drug-likeness (QED) is 0.695. The number of ketones is 1. The predicted molar refractivity (Wildman–Crippen MR) is 119 cm³/mol. The Morgan fingerprint density at radius 1 is 1.00 bits per heavy atom. The van der Waals surface area contributed by atoms with E-state index in [2.05, 4.69) is 38.8 Å². The van der Waals surface area contributed by atoms with Gasteiger partial charge in [0.05, 0.1) is 0 Å². The molecule has 1 aromatic heterocycles. The van der Waals surface area contributed by atoms with Crippen molar-refractivity contribution < 1.29 is 14.3 Å². The highest BCUT2D eigenvalue weighted by Crippen LogP contribution is 2.28. The molecule has 3 heterocycles. The molecular weight excluding hydrogens is 390 g/mol. The standard InChI is InChI=1S/C25H31N3O3/c29-23-9-4-8-22-21(23)10-13-27(22)12-5-11-26-14-16-28(17-15-26)25-19-30-18-24(31-25)20-6-2-1-3-7-20/h1-2,6,10,13,18-19H,3-5,7-9,11-12,14-17H2. The van der Waals surface area contributed by atoms with Crippen molar-refractivity contribution >= 4 is 5.78 Å². The number of fused-ring (bicyclic) bond motifs is 1. The van der Waals surface area contributed by atoms with Crippen LogP contribution >= 0.6 is 0 Å². The van der Waals surface area contributed by atoms with Crippen molar-refractivity contribution in [1.82, 2.24) is 14.4 Å². The largest absolute Gasteiger partial charge is 0.463 e. The Balaban J connectivity index is 1.07. The van der Waals surface area contributed by atoms with Crippen LogP contribution in [0.5, 0.6) is 0 Å². The summed E-state index contributed by atoms with van der Waals surface area (Å²) < 4.78 is 14.1. The molecule has 6 heteroatoms. The second-order valence-electron chi connectivity index (χ2n) is 8.66. The molecule has 5 rings (SSSR count). The molecule has 6 nitrogen and oxygen atoms in total. The molecule has 0 unspecified atom stereocenters. The molecule has 0 amide bonds. The zero-order chi connectivity index (χ0) is 21.0. The van der Waals surface area contributed by atoms with E-state index in [9.17, 15) is 4.79 Å². The van der Waals surface area contributed by atoms with Crippen LogP contribution < -0.4 is 0 Å². The van der Waals surface area contributed by atoms with Gasteiger partial charge in [-0.2, -0.15) is 0 Å². The topological polar surface area (TPSA) is 46.9 Å². The number of allylic oxidation sites excluding steroid dienone is 4. The third kappa shape index (κ3) is 4.49. The Labute approximate surface area is 184 Å². The summed E-state index contributed by atoms with van der Waals surface area (Å²) in [5.74, 6) is 1.96. The van der Waals surface area contributed by atoms with Crippen molar-refractivity contribution in [3.63, 3.8) is 0 Å². The first-order valence-electron chi connectivity index (χ1n) is 11.6. The Morgan fingerprint density at radius 2 is 1.90 bits per heavy atom. The SMILES string of the molecule is O=C1CCCc2c1ccn2CCCN1CCN(C2=COC=C(C3=CC=CCC3)O2)CC1. The summed E-state index contributed by atoms with van der Waals surface area (Å²) in [5.41, 5.74) is 3.40. The molecule has 0 radical (unpaired) electrons. The predicted octanol–water partition coefficient (Wildman–Crippen LogP) is 3.98. The molecule has 0 N–H and O–H groups in total. The number of hydrogen-bond donors (Lipinski definition) is 0. The Morgan fingerprint density at radius 3 is 2.74 bits per heavy atom. The zero-order valence-electron chi connectivity index (χ0n) is 18.1. The monoisotopic (exact) mass is 421 g/mol. The van der Waals surface area contributed by atoms with Crippen molar-refractivity contribution in [2.45, 2.75) is 45.1 Å². The third-order valence-corrected chi connectivity index (χ3v) is 6.64. The van der Waals surface area contributed by atoms with E-state index in [1.165, 1.54) is 11.3 Å². The summed E-state index contributed by atoms with van der Waals surface area (Å²) >= 11 is 0. The summed E-state index contributed by atoms with van der Waals surface area (Å²) in [6.07, 6.45) is 17.8. The highest BCUT2D eigenvalue weighted by Gasteiger charge is 2.24. The molecule has 0 atom stereocenters. The van der Waals surface area contributed by atoms with Crippen molar-refractivity contribution in [3.8, 4) is 0 Å². The van der Waals surface area contributed by atoms with Crippen molar-refractivity contribution in [2.75, 3.05) is 32.7 Å². The molecule has 0 saturated carbocycles. The molecule has 31 heavy (non-hydrogen) atoms. The number of rotatable bonds is 6. The number of piperazine rings is 1. The van der Waals surface area contributed by atoms with E-state index >= 15 is 0 Å². The maximum Gasteiger partial charge on any atom is 0.231 e. The molecule has 1 aromatic rings. The highest BCUT2D eigenvalue weighted by atomic mass is 16.6. The fraction of sp³-hybridized carbons (Fsp3) is 0.480. The van der Waals surface area contributed by atoms with Crippen molar-refractivity contribution in [1.29, 1.82) is 0 Å². The molecule has 0 spiro atoms. The zero-order valence-corrected chi connectivity index (χ0v) is 18.1. The lowest BCUT2D eigenvalue weighted by Crippen LogP contribution is -2.46. The van der Waals surface area contributed by atoms with Crippen molar-refractivity contribution in [3.05, 3.63) is 71.5 Å². The molecule has 0 aromatic carbocycles. The van der Waals surface area contributed by atoms with Gasteiger partial charge in [0.15, 0.2) is 17.8 Å². The van der Waals surface area contributed by atoms with E-state index in [1.54, 1.807) is 12.5 Å². The molecular formula is C25H31N3O3. The summed E-state index contributed by atoms with van der Waals surface area (Å²) in [5, 5.41) is 0. The van der Waals surface area contributed by atoms with E-state index in [1.807, 2.05) is 6.07 Å². The summed E-state index contributed by atoms with van der Waals surface area (Å²) in [6, 6.07) is 2.01. The first kappa shape index (κ1) is 20.2. The van der Waals surface area contributed by atoms with Gasteiger partial charge in [-0.15, -0.1) is 0 Å². The van der Waals surface area contributed by atoms with Crippen molar-refractivity contribution in [2.24, 2.45) is 0 Å². The molecule has 0 bridgehead atoms. The fourth-order valence-corrected chi connectivity index (χ4v) is 4.86. The third-order valence-electron chi connectivity index (χ3n) is 6.64. The Kier molecular flexibility index (Phi) is 5.98. The molecule has 4 aliphatic rings. The van der Waals surface area contributed by atoms with E-state index in [4.69, 9.17) is 9.47 Å². The highest BCUT2D eigenvalue weighted by molar-refractivity contribution is 5.98. The second-order valence-corrected chi connectivity index (χ2v) is 8.66. The number of nitrogens with zero attached hydrogens (tertiary/aromatic N) is 3. The van der Waals surface area contributed by atoms with Crippen LogP contribution in [0.2, 0.25) is 0 Å². The molecule has 1 saturated heterocycles. The number of carbonyl (C=O) groups excluding carboxylic acids is 1. The van der Waals surface area contributed by atoms with E-state index in [0.717, 1.165) is 88.6 Å². The minimum Gasteiger partial charge on any atom is -0.463 e. The van der Waals surface area contributed by atoms with E-state index < -0.39 is 0 Å². The van der Waals surface area contributed by atoms with Crippen LogP contribution in [-0.4, -0.2) is 52.9 Å². The molecule has 2 aliphatic heterocycles. The van der Waals surface area contributed by atoms with Gasteiger partial charge in [-0.3, -0.25) is 9.69 Å². The number of hydrogen-bond acceptors (Lipinski definition) is 5. The van der Waals surface area contributed by atoms with E-state index in [-0.39, 0.29) is 0 Å². The molecule has 164 valence electrons. The van der Waals surface area contributed by atoms with Gasteiger partial charge in [0.1, 0.15) is 6.26 Å². The Hall–Kier alpha value is -2.73.